The normalized spacial score (nSPS) is 16.5. The van der Waals surface area contributed by atoms with Crippen LogP contribution in [0.5, 0.6) is 0 Å². The average molecular weight is 731 g/mol. The molecular weight excluding hydrogens is 683 g/mol. The van der Waals surface area contributed by atoms with Crippen molar-refractivity contribution in [3.05, 3.63) is 106 Å². The van der Waals surface area contributed by atoms with Crippen LogP contribution >= 0.6 is 17.0 Å². The van der Waals surface area contributed by atoms with Crippen LogP contribution in [0.15, 0.2) is 78.4 Å². The van der Waals surface area contributed by atoms with Crippen molar-refractivity contribution in [3.8, 4) is 22.3 Å². The summed E-state index contributed by atoms with van der Waals surface area (Å²) >= 11 is -4.03. The quantitative estimate of drug-likeness (QED) is 0.146. The molecular formula is C41H48Cl2SiZr. The average Bonchev–Trinajstić information content (AvgIpc) is 3.57. The molecule has 0 saturated carbocycles. The molecule has 2 aliphatic rings. The van der Waals surface area contributed by atoms with Gasteiger partial charge in [-0.1, -0.05) is 0 Å². The van der Waals surface area contributed by atoms with E-state index in [1.165, 1.54) is 69.3 Å². The number of benzene rings is 4. The van der Waals surface area contributed by atoms with Gasteiger partial charge in [0.1, 0.15) is 0 Å². The molecule has 1 heterocycles. The Balaban J connectivity index is 1.56. The van der Waals surface area contributed by atoms with E-state index in [-0.39, 0.29) is 14.5 Å². The molecule has 0 fully saturated rings. The maximum atomic E-state index is 7.99. The Hall–Kier alpha value is -1.70. The minimum atomic E-state index is -4.03. The summed E-state index contributed by atoms with van der Waals surface area (Å²) in [7, 11) is 15.4. The van der Waals surface area contributed by atoms with Crippen molar-refractivity contribution in [2.75, 3.05) is 0 Å². The third-order valence-corrected chi connectivity index (χ3v) is 24.5. The van der Waals surface area contributed by atoms with Crippen molar-refractivity contribution in [1.82, 2.24) is 0 Å². The molecule has 0 aromatic heterocycles. The summed E-state index contributed by atoms with van der Waals surface area (Å²) < 4.78 is 1.44. The monoisotopic (exact) mass is 728 g/mol. The number of halogens is 2. The van der Waals surface area contributed by atoms with E-state index in [1.54, 1.807) is 0 Å². The molecule has 1 unspecified atom stereocenters. The number of aryl methyl sites for hydroxylation is 1. The molecule has 0 bridgehead atoms. The van der Waals surface area contributed by atoms with E-state index >= 15 is 0 Å². The Bertz CT molecular complexity index is 1770. The Morgan fingerprint density at radius 1 is 0.778 bits per heavy atom. The van der Waals surface area contributed by atoms with Gasteiger partial charge in [0.25, 0.3) is 0 Å². The van der Waals surface area contributed by atoms with Gasteiger partial charge in [-0.3, -0.25) is 0 Å². The third-order valence-electron chi connectivity index (χ3n) is 10.1. The molecule has 1 aliphatic carbocycles. The summed E-state index contributed by atoms with van der Waals surface area (Å²) in [5, 5.41) is 3.02. The standard InChI is InChI=1S/C29H39.C12H9Si.2ClH.Zr/c1-9-11-12-20-15-22-14-13-21(10-2)27(26(22)16-20)23-17-24(28(3,4)5)19-25(18-23)29(6,7)8;1-3-7-11-9(5-1)10-6-2-4-8-12(10)13-11;;;/h13-19H,9-12H2,1-8H3;1-7H,13H2;2*1H;/q;;;;+2/p-2. The van der Waals surface area contributed by atoms with Crippen molar-refractivity contribution < 1.29 is 17.9 Å². The van der Waals surface area contributed by atoms with Gasteiger partial charge in [-0.25, -0.2) is 0 Å². The first-order valence-corrected chi connectivity index (χ1v) is 27.3. The zero-order valence-electron chi connectivity index (χ0n) is 28.4. The van der Waals surface area contributed by atoms with Crippen molar-refractivity contribution in [2.24, 2.45) is 0 Å². The summed E-state index contributed by atoms with van der Waals surface area (Å²) in [4.78, 5) is 0. The van der Waals surface area contributed by atoms with E-state index in [9.17, 15) is 0 Å². The maximum absolute atomic E-state index is 7.99. The summed E-state index contributed by atoms with van der Waals surface area (Å²) in [5.74, 6) is 0. The molecule has 0 spiro atoms. The van der Waals surface area contributed by atoms with Gasteiger partial charge >= 0.3 is 288 Å². The predicted octanol–water partition coefficient (Wildman–Crippen LogP) is 10.0. The van der Waals surface area contributed by atoms with Gasteiger partial charge in [-0.05, 0) is 0 Å². The molecule has 0 radical (unpaired) electrons. The van der Waals surface area contributed by atoms with Crippen LogP contribution < -0.4 is 13.6 Å². The van der Waals surface area contributed by atoms with Gasteiger partial charge < -0.3 is 0 Å². The van der Waals surface area contributed by atoms with E-state index in [0.717, 1.165) is 25.7 Å². The fraction of sp³-hybridized carbons (Fsp3) is 0.366. The molecule has 0 amide bonds. The van der Waals surface area contributed by atoms with E-state index < -0.39 is 27.4 Å². The second kappa shape index (κ2) is 12.4. The Morgan fingerprint density at radius 3 is 2.09 bits per heavy atom. The molecule has 4 heteroatoms. The van der Waals surface area contributed by atoms with Gasteiger partial charge in [-0.2, -0.15) is 0 Å². The SMILES string of the molecule is CCCCC1=Cc2c(ccc(CC)c2-c2cc(C(C)(C)C)cc(C(C)(C)C)c2)[CH]1[Zr]([Cl])([Cl])[c]1cccc2c1[SiH2]c1ccccc1-2. The second-order valence-electron chi connectivity index (χ2n) is 15.3. The fourth-order valence-corrected chi connectivity index (χ4v) is 24.3. The van der Waals surface area contributed by atoms with E-state index in [2.05, 4.69) is 134 Å². The van der Waals surface area contributed by atoms with Crippen LogP contribution in [0.3, 0.4) is 0 Å². The summed E-state index contributed by atoms with van der Waals surface area (Å²) in [6.07, 6.45) is 6.88. The number of unbranched alkanes of at least 4 members (excludes halogenated alkanes) is 1. The summed E-state index contributed by atoms with van der Waals surface area (Å²) in [5.41, 5.74) is 14.0. The first kappa shape index (κ1) is 33.2. The van der Waals surface area contributed by atoms with E-state index in [1.807, 2.05) is 0 Å². The van der Waals surface area contributed by atoms with Crippen LogP contribution in [0.4, 0.5) is 0 Å². The zero-order valence-corrected chi connectivity index (χ0v) is 33.8. The number of fused-ring (bicyclic) bond motifs is 4. The second-order valence-corrected chi connectivity index (χ2v) is 31.1. The number of hydrogen-bond donors (Lipinski definition) is 0. The Morgan fingerprint density at radius 2 is 1.44 bits per heavy atom. The van der Waals surface area contributed by atoms with Crippen molar-refractivity contribution in [1.29, 1.82) is 0 Å². The van der Waals surface area contributed by atoms with Gasteiger partial charge in [0.05, 0.1) is 0 Å². The fourth-order valence-electron chi connectivity index (χ4n) is 7.48. The Labute approximate surface area is 286 Å². The minimum absolute atomic E-state index is 0.0536. The number of rotatable bonds is 7. The predicted molar refractivity (Wildman–Crippen MR) is 200 cm³/mol. The van der Waals surface area contributed by atoms with E-state index in [4.69, 9.17) is 17.0 Å². The van der Waals surface area contributed by atoms with Gasteiger partial charge in [0.2, 0.25) is 0 Å². The molecule has 4 aromatic rings. The molecule has 1 atom stereocenters. The first-order chi connectivity index (χ1) is 21.3. The molecule has 1 aliphatic heterocycles. The van der Waals surface area contributed by atoms with E-state index in [0.29, 0.717) is 0 Å². The molecule has 0 nitrogen and oxygen atoms in total. The van der Waals surface area contributed by atoms with Crippen LogP contribution in [0.25, 0.3) is 28.3 Å². The number of allylic oxidation sites excluding steroid dienone is 1. The van der Waals surface area contributed by atoms with Crippen LogP contribution in [0, 0.1) is 0 Å². The van der Waals surface area contributed by atoms with Gasteiger partial charge in [0.15, 0.2) is 0 Å². The Kier molecular flexibility index (Phi) is 9.15. The van der Waals surface area contributed by atoms with Gasteiger partial charge in [0, 0.05) is 0 Å². The van der Waals surface area contributed by atoms with Crippen LogP contribution in [0.2, 0.25) is 0 Å². The van der Waals surface area contributed by atoms with Crippen molar-refractivity contribution in [3.63, 3.8) is 0 Å². The third kappa shape index (κ3) is 6.08. The summed E-state index contributed by atoms with van der Waals surface area (Å²) in [6, 6.07) is 27.9. The topological polar surface area (TPSA) is 0 Å². The molecule has 45 heavy (non-hydrogen) atoms. The van der Waals surface area contributed by atoms with Crippen LogP contribution in [0.1, 0.15) is 106 Å². The molecule has 234 valence electrons. The first-order valence-electron chi connectivity index (χ1n) is 16.9. The van der Waals surface area contributed by atoms with Crippen LogP contribution in [-0.2, 0) is 35.1 Å². The van der Waals surface area contributed by atoms with Gasteiger partial charge in [-0.15, -0.1) is 0 Å². The molecule has 4 aromatic carbocycles. The van der Waals surface area contributed by atoms with Crippen molar-refractivity contribution >= 4 is 46.3 Å². The summed E-state index contributed by atoms with van der Waals surface area (Å²) in [6.45, 7) is 18.6. The number of hydrogen-bond acceptors (Lipinski definition) is 0. The molecule has 0 N–H and O–H groups in total. The van der Waals surface area contributed by atoms with Crippen LogP contribution in [-0.4, -0.2) is 9.52 Å². The zero-order chi connectivity index (χ0) is 32.3. The molecule has 0 saturated heterocycles. The van der Waals surface area contributed by atoms with Crippen molar-refractivity contribution in [2.45, 2.75) is 95.5 Å². The molecule has 6 rings (SSSR count).